The van der Waals surface area contributed by atoms with Gasteiger partial charge in [0.05, 0.1) is 23.1 Å². The molecule has 0 spiro atoms. The van der Waals surface area contributed by atoms with Crippen LogP contribution in [0.25, 0.3) is 0 Å². The molecular weight excluding hydrogens is 398 g/mol. The quantitative estimate of drug-likeness (QED) is 0.630. The van der Waals surface area contributed by atoms with Crippen molar-refractivity contribution >= 4 is 27.3 Å². The lowest BCUT2D eigenvalue weighted by Crippen LogP contribution is -2.38. The van der Waals surface area contributed by atoms with Gasteiger partial charge in [0, 0.05) is 5.69 Å². The minimum atomic E-state index is -3.81. The van der Waals surface area contributed by atoms with Crippen LogP contribution in [0.3, 0.4) is 0 Å². The SMILES string of the molecule is Cc1ccc(N(CC(=O)Nc2ccc(C#N)cc2)S(=O)(=O)Cc2ccccc2)cc1. The molecule has 0 radical (unpaired) electrons. The molecular formula is C23H21N3O3S. The molecule has 152 valence electrons. The third-order valence-electron chi connectivity index (χ3n) is 4.43. The zero-order valence-electron chi connectivity index (χ0n) is 16.4. The van der Waals surface area contributed by atoms with Crippen LogP contribution in [0.15, 0.2) is 78.9 Å². The summed E-state index contributed by atoms with van der Waals surface area (Å²) in [6.07, 6.45) is 0. The second kappa shape index (κ2) is 9.25. The van der Waals surface area contributed by atoms with Gasteiger partial charge in [0.1, 0.15) is 6.54 Å². The van der Waals surface area contributed by atoms with E-state index >= 15 is 0 Å². The summed E-state index contributed by atoms with van der Waals surface area (Å²) in [5.41, 5.74) is 3.01. The van der Waals surface area contributed by atoms with Gasteiger partial charge < -0.3 is 5.32 Å². The van der Waals surface area contributed by atoms with Crippen LogP contribution < -0.4 is 9.62 Å². The molecule has 0 saturated heterocycles. The first-order chi connectivity index (χ1) is 14.4. The fourth-order valence-corrected chi connectivity index (χ4v) is 4.41. The van der Waals surface area contributed by atoms with E-state index in [0.717, 1.165) is 9.87 Å². The van der Waals surface area contributed by atoms with Crippen molar-refractivity contribution in [3.05, 3.63) is 95.6 Å². The smallest absolute Gasteiger partial charge is 0.245 e. The van der Waals surface area contributed by atoms with Gasteiger partial charge in [-0.15, -0.1) is 0 Å². The standard InChI is InChI=1S/C23H21N3O3S/c1-18-7-13-22(14-8-18)26(30(28,29)17-20-5-3-2-4-6-20)16-23(27)25-21-11-9-19(15-24)10-12-21/h2-14H,16-17H2,1H3,(H,25,27). The summed E-state index contributed by atoms with van der Waals surface area (Å²) in [7, 11) is -3.81. The third kappa shape index (κ3) is 5.46. The Morgan fingerprint density at radius 1 is 0.967 bits per heavy atom. The minimum Gasteiger partial charge on any atom is -0.325 e. The van der Waals surface area contributed by atoms with Crippen molar-refractivity contribution < 1.29 is 13.2 Å². The first kappa shape index (κ1) is 21.1. The number of rotatable bonds is 7. The normalized spacial score (nSPS) is 10.8. The predicted octanol–water partition coefficient (Wildman–Crippen LogP) is 3.84. The average molecular weight is 420 g/mol. The molecule has 0 aromatic heterocycles. The highest BCUT2D eigenvalue weighted by atomic mass is 32.2. The second-order valence-electron chi connectivity index (χ2n) is 6.82. The van der Waals surface area contributed by atoms with Crippen LogP contribution in [-0.4, -0.2) is 20.9 Å². The Kier molecular flexibility index (Phi) is 6.50. The maximum Gasteiger partial charge on any atom is 0.245 e. The average Bonchev–Trinajstić information content (AvgIpc) is 2.74. The van der Waals surface area contributed by atoms with Gasteiger partial charge in [0.15, 0.2) is 0 Å². The number of anilines is 2. The topological polar surface area (TPSA) is 90.3 Å². The van der Waals surface area contributed by atoms with Crippen LogP contribution in [0.1, 0.15) is 16.7 Å². The van der Waals surface area contributed by atoms with E-state index in [1.165, 1.54) is 0 Å². The van der Waals surface area contributed by atoms with Crippen LogP contribution in [0.2, 0.25) is 0 Å². The highest BCUT2D eigenvalue weighted by Crippen LogP contribution is 2.22. The van der Waals surface area contributed by atoms with E-state index in [1.54, 1.807) is 72.8 Å². The van der Waals surface area contributed by atoms with E-state index in [-0.39, 0.29) is 12.3 Å². The van der Waals surface area contributed by atoms with Crippen LogP contribution >= 0.6 is 0 Å². The molecule has 0 atom stereocenters. The van der Waals surface area contributed by atoms with Crippen LogP contribution in [0, 0.1) is 18.3 Å². The van der Waals surface area contributed by atoms with Gasteiger partial charge in [-0.2, -0.15) is 5.26 Å². The zero-order chi connectivity index (χ0) is 21.6. The Bertz CT molecular complexity index is 1150. The molecule has 0 heterocycles. The summed E-state index contributed by atoms with van der Waals surface area (Å²) in [5, 5.41) is 11.6. The fourth-order valence-electron chi connectivity index (χ4n) is 2.88. The van der Waals surface area contributed by atoms with E-state index in [0.29, 0.717) is 22.5 Å². The largest absolute Gasteiger partial charge is 0.325 e. The zero-order valence-corrected chi connectivity index (χ0v) is 17.3. The second-order valence-corrected chi connectivity index (χ2v) is 8.71. The number of carbonyl (C=O) groups is 1. The van der Waals surface area contributed by atoms with Crippen LogP contribution in [-0.2, 0) is 20.6 Å². The number of carbonyl (C=O) groups excluding carboxylic acids is 1. The Labute approximate surface area is 176 Å². The molecule has 3 rings (SSSR count). The van der Waals surface area contributed by atoms with Crippen molar-refractivity contribution in [3.63, 3.8) is 0 Å². The Morgan fingerprint density at radius 2 is 1.60 bits per heavy atom. The maximum absolute atomic E-state index is 13.2. The van der Waals surface area contributed by atoms with E-state index in [9.17, 15) is 13.2 Å². The Morgan fingerprint density at radius 3 is 2.20 bits per heavy atom. The number of hydrogen-bond donors (Lipinski definition) is 1. The van der Waals surface area contributed by atoms with Gasteiger partial charge in [-0.3, -0.25) is 9.10 Å². The summed E-state index contributed by atoms with van der Waals surface area (Å²) < 4.78 is 27.5. The highest BCUT2D eigenvalue weighted by molar-refractivity contribution is 7.92. The molecule has 0 bridgehead atoms. The summed E-state index contributed by atoms with van der Waals surface area (Å²) >= 11 is 0. The lowest BCUT2D eigenvalue weighted by atomic mass is 10.2. The van der Waals surface area contributed by atoms with E-state index < -0.39 is 15.9 Å². The van der Waals surface area contributed by atoms with Crippen molar-refractivity contribution in [1.29, 1.82) is 5.26 Å². The van der Waals surface area contributed by atoms with E-state index in [4.69, 9.17) is 5.26 Å². The molecule has 6 nitrogen and oxygen atoms in total. The highest BCUT2D eigenvalue weighted by Gasteiger charge is 2.25. The molecule has 0 fully saturated rings. The first-order valence-electron chi connectivity index (χ1n) is 9.28. The first-order valence-corrected chi connectivity index (χ1v) is 10.9. The molecule has 30 heavy (non-hydrogen) atoms. The van der Waals surface area contributed by atoms with Crippen LogP contribution in [0.5, 0.6) is 0 Å². The van der Waals surface area contributed by atoms with Gasteiger partial charge in [-0.05, 0) is 48.9 Å². The van der Waals surface area contributed by atoms with E-state index in [2.05, 4.69) is 5.32 Å². The molecule has 0 unspecified atom stereocenters. The molecule has 3 aromatic carbocycles. The van der Waals surface area contributed by atoms with Crippen molar-refractivity contribution in [1.82, 2.24) is 0 Å². The summed E-state index contributed by atoms with van der Waals surface area (Å²) in [6, 6.07) is 24.2. The van der Waals surface area contributed by atoms with Crippen molar-refractivity contribution in [2.45, 2.75) is 12.7 Å². The van der Waals surface area contributed by atoms with Crippen molar-refractivity contribution in [2.24, 2.45) is 0 Å². The van der Waals surface area contributed by atoms with Crippen LogP contribution in [0.4, 0.5) is 11.4 Å². The third-order valence-corrected chi connectivity index (χ3v) is 6.14. The van der Waals surface area contributed by atoms with Gasteiger partial charge in [-0.25, -0.2) is 8.42 Å². The van der Waals surface area contributed by atoms with Gasteiger partial charge >= 0.3 is 0 Å². The fraction of sp³-hybridized carbons (Fsp3) is 0.130. The number of nitrogens with zero attached hydrogens (tertiary/aromatic N) is 2. The van der Waals surface area contributed by atoms with Gasteiger partial charge in [0.25, 0.3) is 0 Å². The molecule has 0 saturated carbocycles. The van der Waals surface area contributed by atoms with Crippen molar-refractivity contribution in [3.8, 4) is 6.07 Å². The van der Waals surface area contributed by atoms with Crippen molar-refractivity contribution in [2.75, 3.05) is 16.2 Å². The number of amides is 1. The molecule has 0 aliphatic heterocycles. The number of nitriles is 1. The number of hydrogen-bond acceptors (Lipinski definition) is 4. The summed E-state index contributed by atoms with van der Waals surface area (Å²) in [5.74, 6) is -0.691. The molecule has 1 N–H and O–H groups in total. The van der Waals surface area contributed by atoms with Gasteiger partial charge in [-0.1, -0.05) is 48.0 Å². The Balaban J connectivity index is 1.84. The number of sulfonamides is 1. The molecule has 1 amide bonds. The molecule has 3 aromatic rings. The van der Waals surface area contributed by atoms with E-state index in [1.807, 2.05) is 19.1 Å². The molecule has 0 aliphatic rings. The minimum absolute atomic E-state index is 0.216. The lowest BCUT2D eigenvalue weighted by Gasteiger charge is -2.24. The number of aryl methyl sites for hydroxylation is 1. The number of benzene rings is 3. The summed E-state index contributed by atoms with van der Waals surface area (Å²) in [4.78, 5) is 12.6. The number of nitrogens with one attached hydrogen (secondary N) is 1. The van der Waals surface area contributed by atoms with Gasteiger partial charge in [0.2, 0.25) is 15.9 Å². The Hall–Kier alpha value is -3.63. The maximum atomic E-state index is 13.2. The molecule has 7 heteroatoms. The molecule has 0 aliphatic carbocycles. The summed E-state index contributed by atoms with van der Waals surface area (Å²) in [6.45, 7) is 1.54. The lowest BCUT2D eigenvalue weighted by molar-refractivity contribution is -0.114. The predicted molar refractivity (Wildman–Crippen MR) is 117 cm³/mol. The monoisotopic (exact) mass is 419 g/mol.